The second-order valence-electron chi connectivity index (χ2n) is 5.21. The number of hydrogen-bond acceptors (Lipinski definition) is 6. The minimum atomic E-state index is -0.438. The molecule has 0 amide bonds. The van der Waals surface area contributed by atoms with Crippen molar-refractivity contribution >= 4 is 23.1 Å². The molecule has 0 radical (unpaired) electrons. The minimum absolute atomic E-state index is 0.157. The van der Waals surface area contributed by atoms with Crippen LogP contribution in [0.5, 0.6) is 0 Å². The van der Waals surface area contributed by atoms with Crippen molar-refractivity contribution in [2.75, 3.05) is 19.8 Å². The Hall–Kier alpha value is -2.51. The van der Waals surface area contributed by atoms with Gasteiger partial charge in [0.15, 0.2) is 6.29 Å². The van der Waals surface area contributed by atoms with Crippen LogP contribution in [0.2, 0.25) is 0 Å². The summed E-state index contributed by atoms with van der Waals surface area (Å²) in [5, 5.41) is 0. The lowest BCUT2D eigenvalue weighted by Gasteiger charge is -2.14. The van der Waals surface area contributed by atoms with E-state index < -0.39 is 12.3 Å². The van der Waals surface area contributed by atoms with Gasteiger partial charge >= 0.3 is 5.97 Å². The molecule has 0 aromatic carbocycles. The molecular weight excluding hydrogens is 312 g/mol. The topological polar surface area (TPSA) is 79.7 Å². The smallest absolute Gasteiger partial charge is 0.330 e. The molecule has 24 heavy (non-hydrogen) atoms. The molecule has 0 N–H and O–H groups in total. The number of carbonyl (C=O) groups is 1. The van der Waals surface area contributed by atoms with Crippen LogP contribution in [0.15, 0.2) is 35.3 Å². The van der Waals surface area contributed by atoms with Crippen LogP contribution in [0.3, 0.4) is 0 Å². The standard InChI is InChI=1S/C17H18N2O5/c1-2-22-16(21)6-3-12-9-14-13(18-10-12)4-5-15(20)19(14)11-17-23-7-8-24-17/h3-6,9-10,17H,2,7-8,11H2,1H3/b6-3+. The van der Waals surface area contributed by atoms with E-state index in [0.717, 1.165) is 0 Å². The van der Waals surface area contributed by atoms with Gasteiger partial charge in [-0.25, -0.2) is 4.79 Å². The lowest BCUT2D eigenvalue weighted by molar-refractivity contribution is -0.137. The Labute approximate surface area is 138 Å². The minimum Gasteiger partial charge on any atom is -0.463 e. The van der Waals surface area contributed by atoms with Crippen molar-refractivity contribution in [3.05, 3.63) is 46.4 Å². The first-order valence-corrected chi connectivity index (χ1v) is 7.75. The van der Waals surface area contributed by atoms with Gasteiger partial charge in [0, 0.05) is 18.3 Å². The number of nitrogens with zero attached hydrogens (tertiary/aromatic N) is 2. The molecule has 126 valence electrons. The summed E-state index contributed by atoms with van der Waals surface area (Å²) < 4.78 is 17.3. The average molecular weight is 330 g/mol. The first kappa shape index (κ1) is 16.4. The summed E-state index contributed by atoms with van der Waals surface area (Å²) in [6.45, 7) is 3.41. The van der Waals surface area contributed by atoms with Crippen molar-refractivity contribution < 1.29 is 19.0 Å². The predicted molar refractivity (Wildman–Crippen MR) is 87.4 cm³/mol. The maximum absolute atomic E-state index is 12.2. The third-order valence-corrected chi connectivity index (χ3v) is 3.58. The molecule has 0 atom stereocenters. The molecule has 1 aliphatic rings. The molecule has 0 bridgehead atoms. The second-order valence-corrected chi connectivity index (χ2v) is 5.21. The Morgan fingerprint density at radius 2 is 2.21 bits per heavy atom. The Kier molecular flexibility index (Phi) is 5.02. The van der Waals surface area contributed by atoms with Crippen molar-refractivity contribution in [3.8, 4) is 0 Å². The van der Waals surface area contributed by atoms with E-state index in [1.165, 1.54) is 12.1 Å². The van der Waals surface area contributed by atoms with E-state index in [1.807, 2.05) is 0 Å². The van der Waals surface area contributed by atoms with E-state index in [4.69, 9.17) is 14.2 Å². The molecule has 1 saturated heterocycles. The van der Waals surface area contributed by atoms with Gasteiger partial charge in [-0.2, -0.15) is 0 Å². The average Bonchev–Trinajstić information content (AvgIpc) is 3.09. The molecule has 1 fully saturated rings. The molecular formula is C17H18N2O5. The fourth-order valence-electron chi connectivity index (χ4n) is 2.48. The monoisotopic (exact) mass is 330 g/mol. The summed E-state index contributed by atoms with van der Waals surface area (Å²) >= 11 is 0. The van der Waals surface area contributed by atoms with Gasteiger partial charge in [-0.05, 0) is 30.7 Å². The number of esters is 1. The number of carbonyl (C=O) groups excluding carboxylic acids is 1. The molecule has 3 rings (SSSR count). The third-order valence-electron chi connectivity index (χ3n) is 3.58. The summed E-state index contributed by atoms with van der Waals surface area (Å²) in [6, 6.07) is 4.94. The molecule has 2 aromatic rings. The molecule has 0 saturated carbocycles. The molecule has 7 heteroatoms. The van der Waals surface area contributed by atoms with Gasteiger partial charge in [0.1, 0.15) is 0 Å². The molecule has 3 heterocycles. The summed E-state index contributed by atoms with van der Waals surface area (Å²) in [5.74, 6) is -0.421. The Bertz CT molecular complexity index is 821. The van der Waals surface area contributed by atoms with Crippen molar-refractivity contribution in [1.82, 2.24) is 9.55 Å². The lowest BCUT2D eigenvalue weighted by atomic mass is 10.2. The van der Waals surface area contributed by atoms with E-state index in [0.29, 0.717) is 43.0 Å². The summed E-state index contributed by atoms with van der Waals surface area (Å²) in [6.07, 6.45) is 4.14. The predicted octanol–water partition coefficient (Wildman–Crippen LogP) is 1.35. The van der Waals surface area contributed by atoms with E-state index >= 15 is 0 Å². The summed E-state index contributed by atoms with van der Waals surface area (Å²) in [7, 11) is 0. The highest BCUT2D eigenvalue weighted by molar-refractivity contribution is 5.88. The molecule has 2 aromatic heterocycles. The molecule has 0 unspecified atom stereocenters. The number of aromatic nitrogens is 2. The largest absolute Gasteiger partial charge is 0.463 e. The zero-order chi connectivity index (χ0) is 16.9. The maximum atomic E-state index is 12.2. The highest BCUT2D eigenvalue weighted by Crippen LogP contribution is 2.15. The molecule has 0 spiro atoms. The van der Waals surface area contributed by atoms with Crippen LogP contribution in [-0.2, 0) is 25.5 Å². The van der Waals surface area contributed by atoms with Gasteiger partial charge < -0.3 is 18.8 Å². The van der Waals surface area contributed by atoms with Crippen molar-refractivity contribution in [2.24, 2.45) is 0 Å². The van der Waals surface area contributed by atoms with E-state index in [2.05, 4.69) is 4.98 Å². The number of hydrogen-bond donors (Lipinski definition) is 0. The fraction of sp³-hybridized carbons (Fsp3) is 0.353. The zero-order valence-corrected chi connectivity index (χ0v) is 13.3. The normalized spacial score (nSPS) is 15.4. The summed E-state index contributed by atoms with van der Waals surface area (Å²) in [5.41, 5.74) is 1.88. The van der Waals surface area contributed by atoms with Crippen LogP contribution >= 0.6 is 0 Å². The van der Waals surface area contributed by atoms with Gasteiger partial charge in [-0.15, -0.1) is 0 Å². The van der Waals surface area contributed by atoms with Gasteiger partial charge in [0.25, 0.3) is 5.56 Å². The first-order chi connectivity index (χ1) is 11.7. The Morgan fingerprint density at radius 3 is 2.96 bits per heavy atom. The van der Waals surface area contributed by atoms with Crippen LogP contribution in [-0.4, -0.2) is 41.6 Å². The van der Waals surface area contributed by atoms with Gasteiger partial charge in [-0.3, -0.25) is 9.78 Å². The van der Waals surface area contributed by atoms with Crippen LogP contribution in [0.4, 0.5) is 0 Å². The number of pyridine rings is 2. The van der Waals surface area contributed by atoms with E-state index in [-0.39, 0.29) is 5.56 Å². The van der Waals surface area contributed by atoms with Gasteiger partial charge in [0.2, 0.25) is 0 Å². The van der Waals surface area contributed by atoms with Crippen molar-refractivity contribution in [1.29, 1.82) is 0 Å². The lowest BCUT2D eigenvalue weighted by Crippen LogP contribution is -2.27. The van der Waals surface area contributed by atoms with E-state index in [1.54, 1.807) is 35.9 Å². The fourth-order valence-corrected chi connectivity index (χ4v) is 2.48. The molecule has 7 nitrogen and oxygen atoms in total. The number of ether oxygens (including phenoxy) is 3. The summed E-state index contributed by atoms with van der Waals surface area (Å²) in [4.78, 5) is 28.0. The van der Waals surface area contributed by atoms with Crippen molar-refractivity contribution in [2.45, 2.75) is 19.8 Å². The molecule has 0 aliphatic carbocycles. The highest BCUT2D eigenvalue weighted by Gasteiger charge is 2.18. The zero-order valence-electron chi connectivity index (χ0n) is 13.3. The number of rotatable bonds is 5. The highest BCUT2D eigenvalue weighted by atomic mass is 16.7. The van der Waals surface area contributed by atoms with Crippen LogP contribution in [0, 0.1) is 0 Å². The SMILES string of the molecule is CCOC(=O)/C=C/c1cnc2ccc(=O)n(CC3OCCO3)c2c1. The first-order valence-electron chi connectivity index (χ1n) is 7.75. The maximum Gasteiger partial charge on any atom is 0.330 e. The Morgan fingerprint density at radius 1 is 1.42 bits per heavy atom. The quantitative estimate of drug-likeness (QED) is 0.608. The van der Waals surface area contributed by atoms with Crippen LogP contribution in [0.1, 0.15) is 12.5 Å². The van der Waals surface area contributed by atoms with Crippen LogP contribution < -0.4 is 5.56 Å². The Balaban J connectivity index is 1.94. The second kappa shape index (κ2) is 7.37. The number of fused-ring (bicyclic) bond motifs is 1. The van der Waals surface area contributed by atoms with E-state index in [9.17, 15) is 9.59 Å². The van der Waals surface area contributed by atoms with Gasteiger partial charge in [-0.1, -0.05) is 0 Å². The van der Waals surface area contributed by atoms with Gasteiger partial charge in [0.05, 0.1) is 37.4 Å². The van der Waals surface area contributed by atoms with Crippen LogP contribution in [0.25, 0.3) is 17.1 Å². The van der Waals surface area contributed by atoms with Crippen molar-refractivity contribution in [3.63, 3.8) is 0 Å². The third kappa shape index (κ3) is 3.69. The molecule has 1 aliphatic heterocycles.